The predicted molar refractivity (Wildman–Crippen MR) is 86.0 cm³/mol. The Hall–Kier alpha value is -2.56. The molecule has 7 heteroatoms. The number of primary sulfonamides is 1. The number of sulfonamides is 1. The number of nitrogens with zero attached hydrogens (tertiary/aromatic N) is 1. The molecule has 0 aliphatic carbocycles. The fraction of sp³-hybridized carbons (Fsp3) is 0.133. The maximum Gasteiger partial charge on any atom is 0.238 e. The van der Waals surface area contributed by atoms with Crippen LogP contribution in [0.25, 0.3) is 0 Å². The highest BCUT2D eigenvalue weighted by molar-refractivity contribution is 7.89. The van der Waals surface area contributed by atoms with Crippen LogP contribution in [0.15, 0.2) is 53.4 Å². The van der Waals surface area contributed by atoms with Crippen LogP contribution in [0.4, 0.5) is 11.4 Å². The first-order valence-electron chi connectivity index (χ1n) is 6.60. The van der Waals surface area contributed by atoms with E-state index in [4.69, 9.17) is 10.4 Å². The normalized spacial score (nSPS) is 10.7. The van der Waals surface area contributed by atoms with Crippen LogP contribution in [0, 0.1) is 11.3 Å². The SMILES string of the molecule is N#Cc1ccc(NCCNc2ccc(S(N)(=O)=O)cc2)cc1. The summed E-state index contributed by atoms with van der Waals surface area (Å²) < 4.78 is 22.3. The van der Waals surface area contributed by atoms with Crippen LogP contribution in [0.5, 0.6) is 0 Å². The van der Waals surface area contributed by atoms with Crippen LogP contribution in [0.1, 0.15) is 5.56 Å². The number of anilines is 2. The second-order valence-electron chi connectivity index (χ2n) is 4.61. The minimum absolute atomic E-state index is 0.0914. The zero-order valence-corrected chi connectivity index (χ0v) is 12.6. The maximum atomic E-state index is 11.1. The smallest absolute Gasteiger partial charge is 0.238 e. The fourth-order valence-electron chi connectivity index (χ4n) is 1.84. The third-order valence-electron chi connectivity index (χ3n) is 2.98. The molecule has 2 rings (SSSR count). The molecule has 0 bridgehead atoms. The Morgan fingerprint density at radius 2 is 1.36 bits per heavy atom. The minimum Gasteiger partial charge on any atom is -0.383 e. The van der Waals surface area contributed by atoms with Crippen LogP contribution in [0.2, 0.25) is 0 Å². The summed E-state index contributed by atoms with van der Waals surface area (Å²) in [7, 11) is -3.65. The van der Waals surface area contributed by atoms with E-state index in [-0.39, 0.29) is 4.90 Å². The van der Waals surface area contributed by atoms with Crippen LogP contribution in [-0.2, 0) is 10.0 Å². The van der Waals surface area contributed by atoms with Crippen molar-refractivity contribution in [1.82, 2.24) is 0 Å². The number of rotatable bonds is 6. The summed E-state index contributed by atoms with van der Waals surface area (Å²) in [6.07, 6.45) is 0. The summed E-state index contributed by atoms with van der Waals surface area (Å²) in [6, 6.07) is 15.5. The standard InChI is InChI=1S/C15H16N4O2S/c16-11-12-1-3-13(4-2-12)18-9-10-19-14-5-7-15(8-6-14)22(17,20)21/h1-8,18-19H,9-10H2,(H2,17,20,21). The molecule has 22 heavy (non-hydrogen) atoms. The summed E-state index contributed by atoms with van der Waals surface area (Å²) in [4.78, 5) is 0.0914. The van der Waals surface area contributed by atoms with Crippen LogP contribution < -0.4 is 15.8 Å². The Morgan fingerprint density at radius 3 is 1.77 bits per heavy atom. The molecule has 0 amide bonds. The van der Waals surface area contributed by atoms with Crippen molar-refractivity contribution in [3.05, 3.63) is 54.1 Å². The zero-order valence-electron chi connectivity index (χ0n) is 11.8. The summed E-state index contributed by atoms with van der Waals surface area (Å²) >= 11 is 0. The lowest BCUT2D eigenvalue weighted by atomic mass is 10.2. The molecule has 0 radical (unpaired) electrons. The molecular weight excluding hydrogens is 300 g/mol. The fourth-order valence-corrected chi connectivity index (χ4v) is 2.35. The van der Waals surface area contributed by atoms with Gasteiger partial charge in [0.05, 0.1) is 16.5 Å². The number of nitriles is 1. The van der Waals surface area contributed by atoms with Gasteiger partial charge in [-0.05, 0) is 48.5 Å². The summed E-state index contributed by atoms with van der Waals surface area (Å²) in [5.41, 5.74) is 2.37. The van der Waals surface area contributed by atoms with Gasteiger partial charge in [-0.1, -0.05) is 0 Å². The lowest BCUT2D eigenvalue weighted by Crippen LogP contribution is -2.14. The van der Waals surface area contributed by atoms with Gasteiger partial charge in [0.2, 0.25) is 10.0 Å². The van der Waals surface area contributed by atoms with Crippen LogP contribution >= 0.6 is 0 Å². The van der Waals surface area contributed by atoms with E-state index in [1.807, 2.05) is 12.1 Å². The van der Waals surface area contributed by atoms with E-state index in [9.17, 15) is 8.42 Å². The molecule has 4 N–H and O–H groups in total. The van der Waals surface area contributed by atoms with E-state index in [1.54, 1.807) is 24.3 Å². The molecule has 114 valence electrons. The first-order chi connectivity index (χ1) is 10.5. The van der Waals surface area contributed by atoms with Gasteiger partial charge in [0, 0.05) is 24.5 Å². The number of hydrogen-bond acceptors (Lipinski definition) is 5. The average molecular weight is 316 g/mol. The van der Waals surface area contributed by atoms with Crippen molar-refractivity contribution in [2.24, 2.45) is 5.14 Å². The van der Waals surface area contributed by atoms with Gasteiger partial charge < -0.3 is 10.6 Å². The average Bonchev–Trinajstić information content (AvgIpc) is 2.52. The number of hydrogen-bond donors (Lipinski definition) is 3. The molecule has 0 atom stereocenters. The molecule has 0 saturated heterocycles. The Morgan fingerprint density at radius 1 is 0.909 bits per heavy atom. The molecule has 2 aromatic carbocycles. The lowest BCUT2D eigenvalue weighted by Gasteiger charge is -2.09. The summed E-state index contributed by atoms with van der Waals surface area (Å²) in [5.74, 6) is 0. The molecule has 0 saturated carbocycles. The van der Waals surface area contributed by atoms with Crippen molar-refractivity contribution in [3.8, 4) is 6.07 Å². The Balaban J connectivity index is 1.80. The third-order valence-corrected chi connectivity index (χ3v) is 3.91. The molecular formula is C15H16N4O2S. The minimum atomic E-state index is -3.65. The Labute approximate surface area is 129 Å². The molecule has 0 aliphatic heterocycles. The summed E-state index contributed by atoms with van der Waals surface area (Å²) in [6.45, 7) is 1.34. The highest BCUT2D eigenvalue weighted by Gasteiger charge is 2.06. The topological polar surface area (TPSA) is 108 Å². The van der Waals surface area contributed by atoms with Gasteiger partial charge in [0.1, 0.15) is 0 Å². The zero-order chi connectivity index (χ0) is 16.0. The molecule has 0 fully saturated rings. The number of benzene rings is 2. The van der Waals surface area contributed by atoms with E-state index in [0.29, 0.717) is 18.7 Å². The van der Waals surface area contributed by atoms with E-state index in [0.717, 1.165) is 11.4 Å². The van der Waals surface area contributed by atoms with Gasteiger partial charge in [-0.15, -0.1) is 0 Å². The molecule has 0 unspecified atom stereocenters. The van der Waals surface area contributed by atoms with E-state index in [1.165, 1.54) is 12.1 Å². The maximum absolute atomic E-state index is 11.1. The van der Waals surface area contributed by atoms with Crippen molar-refractivity contribution in [3.63, 3.8) is 0 Å². The van der Waals surface area contributed by atoms with Crippen molar-refractivity contribution in [1.29, 1.82) is 5.26 Å². The largest absolute Gasteiger partial charge is 0.383 e. The molecule has 6 nitrogen and oxygen atoms in total. The van der Waals surface area contributed by atoms with Gasteiger partial charge in [0.15, 0.2) is 0 Å². The summed E-state index contributed by atoms with van der Waals surface area (Å²) in [5, 5.41) is 20.1. The number of nitrogens with one attached hydrogen (secondary N) is 2. The molecule has 0 heterocycles. The van der Waals surface area contributed by atoms with Crippen molar-refractivity contribution in [2.45, 2.75) is 4.90 Å². The second kappa shape index (κ2) is 6.93. The van der Waals surface area contributed by atoms with Gasteiger partial charge in [-0.3, -0.25) is 0 Å². The van der Waals surface area contributed by atoms with Gasteiger partial charge in [-0.2, -0.15) is 5.26 Å². The molecule has 0 aromatic heterocycles. The van der Waals surface area contributed by atoms with Crippen molar-refractivity contribution in [2.75, 3.05) is 23.7 Å². The lowest BCUT2D eigenvalue weighted by molar-refractivity contribution is 0.598. The molecule has 0 aliphatic rings. The Bertz CT molecular complexity index is 763. The highest BCUT2D eigenvalue weighted by atomic mass is 32.2. The van der Waals surface area contributed by atoms with Gasteiger partial charge in [0.25, 0.3) is 0 Å². The monoisotopic (exact) mass is 316 g/mol. The molecule has 2 aromatic rings. The predicted octanol–water partition coefficient (Wildman–Crippen LogP) is 1.73. The van der Waals surface area contributed by atoms with Crippen LogP contribution in [0.3, 0.4) is 0 Å². The van der Waals surface area contributed by atoms with E-state index >= 15 is 0 Å². The quantitative estimate of drug-likeness (QED) is 0.703. The van der Waals surface area contributed by atoms with Crippen molar-refractivity contribution >= 4 is 21.4 Å². The third kappa shape index (κ3) is 4.48. The molecule has 0 spiro atoms. The second-order valence-corrected chi connectivity index (χ2v) is 6.17. The van der Waals surface area contributed by atoms with E-state index in [2.05, 4.69) is 16.7 Å². The highest BCUT2D eigenvalue weighted by Crippen LogP contribution is 2.12. The van der Waals surface area contributed by atoms with Gasteiger partial charge >= 0.3 is 0 Å². The first-order valence-corrected chi connectivity index (χ1v) is 8.14. The first kappa shape index (κ1) is 15.8. The Kier molecular flexibility index (Phi) is 4.99. The van der Waals surface area contributed by atoms with Crippen LogP contribution in [-0.4, -0.2) is 21.5 Å². The van der Waals surface area contributed by atoms with E-state index < -0.39 is 10.0 Å². The number of nitrogens with two attached hydrogens (primary N) is 1. The van der Waals surface area contributed by atoms with Crippen molar-refractivity contribution < 1.29 is 8.42 Å². The van der Waals surface area contributed by atoms with Gasteiger partial charge in [-0.25, -0.2) is 13.6 Å².